The van der Waals surface area contributed by atoms with Gasteiger partial charge in [-0.05, 0) is 6.92 Å². The maximum Gasteiger partial charge on any atom is 0.167 e. The van der Waals surface area contributed by atoms with Gasteiger partial charge in [0.1, 0.15) is 12.3 Å². The summed E-state index contributed by atoms with van der Waals surface area (Å²) in [5, 5.41) is 10.9. The van der Waals surface area contributed by atoms with Crippen LogP contribution in [0.4, 0.5) is 5.69 Å². The fraction of sp³-hybridized carbons (Fsp3) is 0.429. The van der Waals surface area contributed by atoms with Crippen molar-refractivity contribution < 1.29 is 4.74 Å². The second kappa shape index (κ2) is 2.38. The summed E-state index contributed by atoms with van der Waals surface area (Å²) in [6.07, 6.45) is 1.68. The monoisotopic (exact) mass is 151 g/mol. The lowest BCUT2D eigenvalue weighted by Crippen LogP contribution is -2.19. The first-order chi connectivity index (χ1) is 5.38. The Balaban J connectivity index is 2.49. The highest BCUT2D eigenvalue weighted by atomic mass is 16.5. The van der Waals surface area contributed by atoms with E-state index in [1.54, 1.807) is 6.20 Å². The Hall–Kier alpha value is -1.32. The largest absolute Gasteiger partial charge is 0.488 e. The average molecular weight is 151 g/mol. The predicted molar refractivity (Wildman–Crippen MR) is 40.8 cm³/mol. The normalized spacial score (nSPS) is 14.6. The van der Waals surface area contributed by atoms with E-state index in [1.165, 1.54) is 0 Å². The highest BCUT2D eigenvalue weighted by Crippen LogP contribution is 2.27. The number of aromatic nitrogens is 2. The molecule has 0 fully saturated rings. The van der Waals surface area contributed by atoms with Crippen molar-refractivity contribution in [3.63, 3.8) is 0 Å². The van der Waals surface area contributed by atoms with Gasteiger partial charge < -0.3 is 10.1 Å². The fourth-order valence-corrected chi connectivity index (χ4v) is 1.12. The second-order valence-corrected chi connectivity index (χ2v) is 2.45. The highest BCUT2D eigenvalue weighted by Gasteiger charge is 2.12. The molecular formula is C7H9N3O. The molecule has 0 spiro atoms. The Kier molecular flexibility index (Phi) is 1.38. The number of fused-ring (bicyclic) bond motifs is 1. The molecular weight excluding hydrogens is 142 g/mol. The molecule has 4 nitrogen and oxygen atoms in total. The number of nitrogens with one attached hydrogen (secondary N) is 1. The van der Waals surface area contributed by atoms with Crippen molar-refractivity contribution in [3.8, 4) is 5.75 Å². The van der Waals surface area contributed by atoms with Crippen molar-refractivity contribution in [3.05, 3.63) is 11.9 Å². The minimum atomic E-state index is 0.708. The summed E-state index contributed by atoms with van der Waals surface area (Å²) >= 11 is 0. The van der Waals surface area contributed by atoms with E-state index >= 15 is 0 Å². The molecule has 0 aliphatic carbocycles. The smallest absolute Gasteiger partial charge is 0.167 e. The van der Waals surface area contributed by atoms with Crippen molar-refractivity contribution in [2.75, 3.05) is 18.5 Å². The molecule has 1 aromatic rings. The van der Waals surface area contributed by atoms with E-state index in [4.69, 9.17) is 4.74 Å². The first kappa shape index (κ1) is 6.39. The third-order valence-corrected chi connectivity index (χ3v) is 1.63. The predicted octanol–water partition coefficient (Wildman–Crippen LogP) is 0.589. The standard InChI is InChI=1S/C7H9N3O/c1-5-7-6(4-9-10-5)8-2-3-11-7/h4,8H,2-3H2,1H3. The zero-order valence-electron chi connectivity index (χ0n) is 6.29. The van der Waals surface area contributed by atoms with Crippen LogP contribution in [0.15, 0.2) is 6.20 Å². The Morgan fingerprint density at radius 1 is 1.64 bits per heavy atom. The van der Waals surface area contributed by atoms with E-state index in [9.17, 15) is 0 Å². The molecule has 0 atom stereocenters. The summed E-state index contributed by atoms with van der Waals surface area (Å²) in [4.78, 5) is 0. The number of rotatable bonds is 0. The van der Waals surface area contributed by atoms with Gasteiger partial charge in [0.15, 0.2) is 5.75 Å². The number of hydrogen-bond donors (Lipinski definition) is 1. The molecule has 4 heteroatoms. The molecule has 1 aliphatic heterocycles. The molecule has 1 N–H and O–H groups in total. The summed E-state index contributed by atoms with van der Waals surface area (Å²) in [6, 6.07) is 0. The highest BCUT2D eigenvalue weighted by molar-refractivity contribution is 5.57. The van der Waals surface area contributed by atoms with Crippen LogP contribution in [-0.2, 0) is 0 Å². The SMILES string of the molecule is Cc1nncc2c1OCCN2. The molecule has 1 aliphatic rings. The summed E-state index contributed by atoms with van der Waals surface area (Å²) in [5.41, 5.74) is 1.79. The maximum absolute atomic E-state index is 5.39. The summed E-state index contributed by atoms with van der Waals surface area (Å²) in [5.74, 6) is 0.839. The van der Waals surface area contributed by atoms with Crippen LogP contribution in [0.1, 0.15) is 5.69 Å². The average Bonchev–Trinajstić information content (AvgIpc) is 2.06. The van der Waals surface area contributed by atoms with Crippen LogP contribution in [0.25, 0.3) is 0 Å². The van der Waals surface area contributed by atoms with Crippen molar-refractivity contribution in [1.82, 2.24) is 10.2 Å². The fourth-order valence-electron chi connectivity index (χ4n) is 1.12. The first-order valence-corrected chi connectivity index (χ1v) is 3.57. The molecule has 1 aromatic heterocycles. The topological polar surface area (TPSA) is 47.0 Å². The van der Waals surface area contributed by atoms with Crippen molar-refractivity contribution >= 4 is 5.69 Å². The summed E-state index contributed by atoms with van der Waals surface area (Å²) < 4.78 is 5.39. The Bertz CT molecular complexity index is 274. The van der Waals surface area contributed by atoms with Crippen molar-refractivity contribution in [1.29, 1.82) is 0 Å². The van der Waals surface area contributed by atoms with Gasteiger partial charge in [-0.15, -0.1) is 0 Å². The van der Waals surface area contributed by atoms with Crippen LogP contribution in [-0.4, -0.2) is 23.3 Å². The van der Waals surface area contributed by atoms with Crippen LogP contribution in [0.3, 0.4) is 0 Å². The number of anilines is 1. The van der Waals surface area contributed by atoms with Gasteiger partial charge in [-0.2, -0.15) is 10.2 Å². The molecule has 0 bridgehead atoms. The quantitative estimate of drug-likeness (QED) is 0.589. The van der Waals surface area contributed by atoms with E-state index in [-0.39, 0.29) is 0 Å². The zero-order valence-corrected chi connectivity index (χ0v) is 6.29. The summed E-state index contributed by atoms with van der Waals surface area (Å²) in [6.45, 7) is 3.44. The van der Waals surface area contributed by atoms with E-state index < -0.39 is 0 Å². The lowest BCUT2D eigenvalue weighted by Gasteiger charge is -2.18. The van der Waals surface area contributed by atoms with E-state index in [0.717, 1.165) is 23.7 Å². The number of nitrogens with zero attached hydrogens (tertiary/aromatic N) is 2. The molecule has 2 heterocycles. The van der Waals surface area contributed by atoms with Gasteiger partial charge >= 0.3 is 0 Å². The Morgan fingerprint density at radius 3 is 3.36 bits per heavy atom. The second-order valence-electron chi connectivity index (χ2n) is 2.45. The maximum atomic E-state index is 5.39. The van der Waals surface area contributed by atoms with Crippen molar-refractivity contribution in [2.45, 2.75) is 6.92 Å². The van der Waals surface area contributed by atoms with Crippen LogP contribution in [0.2, 0.25) is 0 Å². The Morgan fingerprint density at radius 2 is 2.55 bits per heavy atom. The van der Waals surface area contributed by atoms with Gasteiger partial charge in [0, 0.05) is 6.54 Å². The summed E-state index contributed by atoms with van der Waals surface area (Å²) in [7, 11) is 0. The van der Waals surface area contributed by atoms with Crippen LogP contribution >= 0.6 is 0 Å². The first-order valence-electron chi connectivity index (χ1n) is 3.57. The molecule has 0 amide bonds. The molecule has 0 aromatic carbocycles. The van der Waals surface area contributed by atoms with Gasteiger partial charge in [0.05, 0.1) is 11.9 Å². The van der Waals surface area contributed by atoms with Crippen molar-refractivity contribution in [2.24, 2.45) is 0 Å². The molecule has 2 rings (SSSR count). The zero-order chi connectivity index (χ0) is 7.68. The molecule has 0 unspecified atom stereocenters. The number of aryl methyl sites for hydroxylation is 1. The third-order valence-electron chi connectivity index (χ3n) is 1.63. The van der Waals surface area contributed by atoms with Gasteiger partial charge in [0.25, 0.3) is 0 Å². The lowest BCUT2D eigenvalue weighted by molar-refractivity contribution is 0.318. The van der Waals surface area contributed by atoms with E-state index in [0.29, 0.717) is 6.61 Å². The number of hydrogen-bond acceptors (Lipinski definition) is 4. The van der Waals surface area contributed by atoms with Gasteiger partial charge in [-0.25, -0.2) is 0 Å². The molecule has 58 valence electrons. The van der Waals surface area contributed by atoms with Crippen LogP contribution in [0, 0.1) is 6.92 Å². The molecule has 0 radical (unpaired) electrons. The van der Waals surface area contributed by atoms with Gasteiger partial charge in [-0.1, -0.05) is 0 Å². The third kappa shape index (κ3) is 1.00. The van der Waals surface area contributed by atoms with Crippen LogP contribution < -0.4 is 10.1 Å². The van der Waals surface area contributed by atoms with Gasteiger partial charge in [0.2, 0.25) is 0 Å². The molecule has 0 saturated carbocycles. The van der Waals surface area contributed by atoms with Gasteiger partial charge in [-0.3, -0.25) is 0 Å². The minimum Gasteiger partial charge on any atom is -0.488 e. The Labute approximate surface area is 64.6 Å². The van der Waals surface area contributed by atoms with E-state index in [1.807, 2.05) is 6.92 Å². The molecule has 0 saturated heterocycles. The number of ether oxygens (including phenoxy) is 1. The lowest BCUT2D eigenvalue weighted by atomic mass is 10.3. The minimum absolute atomic E-state index is 0.708. The van der Waals surface area contributed by atoms with E-state index in [2.05, 4.69) is 15.5 Å². The molecule has 11 heavy (non-hydrogen) atoms. The van der Waals surface area contributed by atoms with Crippen LogP contribution in [0.5, 0.6) is 5.75 Å².